The number of ether oxygens (including phenoxy) is 2. The Labute approximate surface area is 183 Å². The largest absolute Gasteiger partial charge is 0.497 e. The Morgan fingerprint density at radius 1 is 1.10 bits per heavy atom. The van der Waals surface area contributed by atoms with Gasteiger partial charge in [0.1, 0.15) is 12.3 Å². The zero-order chi connectivity index (χ0) is 22.2. The van der Waals surface area contributed by atoms with Gasteiger partial charge in [-0.1, -0.05) is 35.9 Å². The Morgan fingerprint density at radius 2 is 1.87 bits per heavy atom. The third-order valence-electron chi connectivity index (χ3n) is 4.19. The molecule has 0 unspecified atom stereocenters. The van der Waals surface area contributed by atoms with Crippen LogP contribution in [0.2, 0.25) is 0 Å². The molecule has 3 rings (SSSR count). The Kier molecular flexibility index (Phi) is 7.34. The van der Waals surface area contributed by atoms with E-state index in [0.29, 0.717) is 16.4 Å². The van der Waals surface area contributed by atoms with Gasteiger partial charge in [-0.2, -0.15) is 0 Å². The highest BCUT2D eigenvalue weighted by atomic mass is 32.1. The van der Waals surface area contributed by atoms with Gasteiger partial charge in [-0.15, -0.1) is 11.3 Å². The van der Waals surface area contributed by atoms with Gasteiger partial charge in [-0.3, -0.25) is 19.7 Å². The minimum absolute atomic E-state index is 0.345. The Hall–Kier alpha value is -3.72. The number of aryl methyl sites for hydroxylation is 1. The number of aromatic nitrogens is 1. The molecule has 0 aliphatic rings. The summed E-state index contributed by atoms with van der Waals surface area (Å²) in [5.74, 6) is -1.17. The van der Waals surface area contributed by atoms with Crippen LogP contribution < -0.4 is 15.4 Å². The van der Waals surface area contributed by atoms with Crippen LogP contribution in [-0.2, 0) is 14.3 Å². The smallest absolute Gasteiger partial charge is 0.325 e. The topological polar surface area (TPSA) is 107 Å². The van der Waals surface area contributed by atoms with Crippen molar-refractivity contribution in [3.8, 4) is 17.0 Å². The standard InChI is InChI=1S/C22H21N3O5S/c1-14-6-8-15(9-7-14)18-13-31-22(24-18)25-19(26)12-30-20(27)11-23-21(28)16-4-3-5-17(10-16)29-2/h3-10,13H,11-12H2,1-2H3,(H,23,28)(H,24,25,26). The van der Waals surface area contributed by atoms with E-state index in [0.717, 1.165) is 16.8 Å². The number of nitrogens with zero attached hydrogens (tertiary/aromatic N) is 1. The van der Waals surface area contributed by atoms with Crippen LogP contribution in [0, 0.1) is 6.92 Å². The Balaban J connectivity index is 1.42. The number of anilines is 1. The van der Waals surface area contributed by atoms with E-state index in [-0.39, 0.29) is 6.54 Å². The average Bonchev–Trinajstić information content (AvgIpc) is 3.24. The molecule has 1 heterocycles. The third-order valence-corrected chi connectivity index (χ3v) is 4.95. The minimum atomic E-state index is -0.731. The van der Waals surface area contributed by atoms with Gasteiger partial charge in [0.05, 0.1) is 12.8 Å². The first-order chi connectivity index (χ1) is 14.9. The summed E-state index contributed by atoms with van der Waals surface area (Å²) in [5, 5.41) is 7.27. The molecule has 3 aromatic rings. The molecule has 2 N–H and O–H groups in total. The van der Waals surface area contributed by atoms with E-state index in [1.807, 2.05) is 36.6 Å². The summed E-state index contributed by atoms with van der Waals surface area (Å²) < 4.78 is 9.95. The highest BCUT2D eigenvalue weighted by Gasteiger charge is 2.13. The molecule has 9 heteroatoms. The summed E-state index contributed by atoms with van der Waals surface area (Å²) in [6.45, 7) is 1.16. The number of hydrogen-bond donors (Lipinski definition) is 2. The first-order valence-electron chi connectivity index (χ1n) is 9.35. The lowest BCUT2D eigenvalue weighted by Crippen LogP contribution is -2.32. The normalized spacial score (nSPS) is 10.3. The molecule has 8 nitrogen and oxygen atoms in total. The molecule has 0 atom stereocenters. The quantitative estimate of drug-likeness (QED) is 0.523. The summed E-state index contributed by atoms with van der Waals surface area (Å²) in [6, 6.07) is 14.4. The predicted molar refractivity (Wildman–Crippen MR) is 117 cm³/mol. The number of nitrogens with one attached hydrogen (secondary N) is 2. The maximum atomic E-state index is 12.1. The number of carbonyl (C=O) groups excluding carboxylic acids is 3. The van der Waals surface area contributed by atoms with Gasteiger partial charge < -0.3 is 14.8 Å². The van der Waals surface area contributed by atoms with E-state index in [1.165, 1.54) is 18.4 Å². The van der Waals surface area contributed by atoms with Crippen molar-refractivity contribution in [2.24, 2.45) is 0 Å². The van der Waals surface area contributed by atoms with Crippen molar-refractivity contribution in [1.82, 2.24) is 10.3 Å². The van der Waals surface area contributed by atoms with Gasteiger partial charge >= 0.3 is 5.97 Å². The number of amides is 2. The summed E-state index contributed by atoms with van der Waals surface area (Å²) in [4.78, 5) is 40.3. The van der Waals surface area contributed by atoms with Crippen LogP contribution in [-0.4, -0.2) is 43.0 Å². The van der Waals surface area contributed by atoms with Gasteiger partial charge in [0.25, 0.3) is 11.8 Å². The number of carbonyl (C=O) groups is 3. The molecule has 0 saturated heterocycles. The lowest BCUT2D eigenvalue weighted by molar-refractivity contribution is -0.146. The number of esters is 1. The fourth-order valence-corrected chi connectivity index (χ4v) is 3.30. The zero-order valence-corrected chi connectivity index (χ0v) is 17.8. The van der Waals surface area contributed by atoms with Crippen molar-refractivity contribution in [1.29, 1.82) is 0 Å². The van der Waals surface area contributed by atoms with Crippen LogP contribution in [0.5, 0.6) is 5.75 Å². The third kappa shape index (κ3) is 6.38. The van der Waals surface area contributed by atoms with Crippen molar-refractivity contribution in [3.05, 3.63) is 65.0 Å². The van der Waals surface area contributed by atoms with Crippen molar-refractivity contribution >= 4 is 34.3 Å². The van der Waals surface area contributed by atoms with Crippen LogP contribution in [0.25, 0.3) is 11.3 Å². The van der Waals surface area contributed by atoms with E-state index in [9.17, 15) is 14.4 Å². The predicted octanol–water partition coefficient (Wildman–Crippen LogP) is 3.04. The first-order valence-corrected chi connectivity index (χ1v) is 10.2. The van der Waals surface area contributed by atoms with Crippen molar-refractivity contribution in [2.45, 2.75) is 6.92 Å². The molecule has 160 valence electrons. The molecule has 0 bridgehead atoms. The highest BCUT2D eigenvalue weighted by Crippen LogP contribution is 2.25. The van der Waals surface area contributed by atoms with Gasteiger partial charge in [0, 0.05) is 16.5 Å². The molecule has 2 amide bonds. The molecule has 0 spiro atoms. The maximum Gasteiger partial charge on any atom is 0.325 e. The fourth-order valence-electron chi connectivity index (χ4n) is 2.56. The second kappa shape index (κ2) is 10.4. The maximum absolute atomic E-state index is 12.1. The van der Waals surface area contributed by atoms with Crippen molar-refractivity contribution in [2.75, 3.05) is 25.6 Å². The van der Waals surface area contributed by atoms with Gasteiger partial charge in [-0.05, 0) is 25.1 Å². The summed E-state index contributed by atoms with van der Waals surface area (Å²) >= 11 is 1.28. The molecule has 0 saturated carbocycles. The Bertz CT molecular complexity index is 1080. The number of hydrogen-bond acceptors (Lipinski definition) is 7. The number of thiazole rings is 1. The van der Waals surface area contributed by atoms with Gasteiger partial charge in [-0.25, -0.2) is 4.98 Å². The van der Waals surface area contributed by atoms with Crippen LogP contribution in [0.15, 0.2) is 53.9 Å². The molecule has 0 aliphatic heterocycles. The average molecular weight is 439 g/mol. The van der Waals surface area contributed by atoms with E-state index in [1.54, 1.807) is 24.3 Å². The van der Waals surface area contributed by atoms with Gasteiger partial charge in [0.15, 0.2) is 11.7 Å². The molecule has 31 heavy (non-hydrogen) atoms. The van der Waals surface area contributed by atoms with E-state index in [4.69, 9.17) is 9.47 Å². The van der Waals surface area contributed by atoms with Crippen LogP contribution in [0.4, 0.5) is 5.13 Å². The second-order valence-electron chi connectivity index (χ2n) is 6.53. The first kappa shape index (κ1) is 22.0. The summed E-state index contributed by atoms with van der Waals surface area (Å²) in [6.07, 6.45) is 0. The van der Waals surface area contributed by atoms with Crippen molar-refractivity contribution < 1.29 is 23.9 Å². The van der Waals surface area contributed by atoms with E-state index in [2.05, 4.69) is 15.6 Å². The highest BCUT2D eigenvalue weighted by molar-refractivity contribution is 7.14. The number of methoxy groups -OCH3 is 1. The van der Waals surface area contributed by atoms with Crippen LogP contribution in [0.3, 0.4) is 0 Å². The molecule has 0 radical (unpaired) electrons. The summed E-state index contributed by atoms with van der Waals surface area (Å²) in [5.41, 5.74) is 3.19. The molecular weight excluding hydrogens is 418 g/mol. The molecule has 0 aliphatic carbocycles. The van der Waals surface area contributed by atoms with Crippen LogP contribution >= 0.6 is 11.3 Å². The van der Waals surface area contributed by atoms with Crippen LogP contribution in [0.1, 0.15) is 15.9 Å². The Morgan fingerprint density at radius 3 is 2.61 bits per heavy atom. The number of benzene rings is 2. The zero-order valence-electron chi connectivity index (χ0n) is 17.0. The number of rotatable bonds is 8. The van der Waals surface area contributed by atoms with E-state index >= 15 is 0 Å². The second-order valence-corrected chi connectivity index (χ2v) is 7.39. The lowest BCUT2D eigenvalue weighted by Gasteiger charge is -2.07. The molecule has 2 aromatic carbocycles. The summed E-state index contributed by atoms with van der Waals surface area (Å²) in [7, 11) is 1.49. The monoisotopic (exact) mass is 439 g/mol. The van der Waals surface area contributed by atoms with Crippen molar-refractivity contribution in [3.63, 3.8) is 0 Å². The lowest BCUT2D eigenvalue weighted by atomic mass is 10.1. The SMILES string of the molecule is COc1cccc(C(=O)NCC(=O)OCC(=O)Nc2nc(-c3ccc(C)cc3)cs2)c1. The minimum Gasteiger partial charge on any atom is -0.497 e. The molecular formula is C22H21N3O5S. The molecule has 0 fully saturated rings. The van der Waals surface area contributed by atoms with Gasteiger partial charge in [0.2, 0.25) is 0 Å². The van der Waals surface area contributed by atoms with E-state index < -0.39 is 24.4 Å². The molecule has 1 aromatic heterocycles. The fraction of sp³-hybridized carbons (Fsp3) is 0.182.